The highest BCUT2D eigenvalue weighted by Crippen LogP contribution is 2.28. The number of carbonyl (C=O) groups is 2. The highest BCUT2D eigenvalue weighted by atomic mass is 32.1. The van der Waals surface area contributed by atoms with Crippen LogP contribution in [0.15, 0.2) is 42.5 Å². The molecule has 2 aromatic carbocycles. The summed E-state index contributed by atoms with van der Waals surface area (Å²) in [6.45, 7) is 1.34. The molecule has 6 nitrogen and oxygen atoms in total. The van der Waals surface area contributed by atoms with Crippen molar-refractivity contribution in [1.82, 2.24) is 9.88 Å². The van der Waals surface area contributed by atoms with E-state index in [0.717, 1.165) is 11.3 Å². The molecule has 3 rings (SSSR count). The number of likely N-dealkylation sites (N-methyl/N-ethyl adjacent to an activating group) is 1. The summed E-state index contributed by atoms with van der Waals surface area (Å²) in [7, 11) is 2.90. The van der Waals surface area contributed by atoms with Gasteiger partial charge in [-0.15, -0.1) is 11.3 Å². The quantitative estimate of drug-likeness (QED) is 0.509. The molecule has 0 fully saturated rings. The molecule has 1 amide bonds. The first-order valence-electron chi connectivity index (χ1n) is 9.25. The van der Waals surface area contributed by atoms with Crippen LogP contribution in [0.5, 0.6) is 5.75 Å². The van der Waals surface area contributed by atoms with Crippen molar-refractivity contribution in [1.29, 1.82) is 0 Å². The second kappa shape index (κ2) is 9.65. The number of hydrogen-bond donors (Lipinski definition) is 0. The minimum Gasteiger partial charge on any atom is -0.494 e. The smallest absolute Gasteiger partial charge is 0.350 e. The zero-order valence-electron chi connectivity index (χ0n) is 17.1. The van der Waals surface area contributed by atoms with Crippen molar-refractivity contribution in [2.24, 2.45) is 0 Å². The molecule has 1 heterocycles. The van der Waals surface area contributed by atoms with E-state index in [1.807, 2.05) is 0 Å². The third-order valence-corrected chi connectivity index (χ3v) is 5.65. The summed E-state index contributed by atoms with van der Waals surface area (Å²) in [4.78, 5) is 30.7. The van der Waals surface area contributed by atoms with Gasteiger partial charge in [-0.05, 0) is 48.9 Å². The molecule has 3 aromatic rings. The van der Waals surface area contributed by atoms with Gasteiger partial charge in [0.05, 0.1) is 12.8 Å². The van der Waals surface area contributed by atoms with Crippen molar-refractivity contribution in [3.8, 4) is 16.3 Å². The lowest BCUT2D eigenvalue weighted by molar-refractivity contribution is -0.133. The topological polar surface area (TPSA) is 68.7 Å². The van der Waals surface area contributed by atoms with Crippen LogP contribution in [0.2, 0.25) is 0 Å². The summed E-state index contributed by atoms with van der Waals surface area (Å²) >= 11 is 1.11. The lowest BCUT2D eigenvalue weighted by Gasteiger charge is -2.17. The number of esters is 1. The van der Waals surface area contributed by atoms with Crippen molar-refractivity contribution in [3.05, 3.63) is 70.2 Å². The second-order valence-corrected chi connectivity index (χ2v) is 7.73. The molecule has 31 heavy (non-hydrogen) atoms. The Balaban J connectivity index is 1.59. The number of halogens is 2. The van der Waals surface area contributed by atoms with Crippen LogP contribution < -0.4 is 4.74 Å². The van der Waals surface area contributed by atoms with Crippen molar-refractivity contribution in [2.75, 3.05) is 20.8 Å². The maximum atomic E-state index is 13.8. The minimum atomic E-state index is -0.666. The number of hydrogen-bond acceptors (Lipinski definition) is 6. The van der Waals surface area contributed by atoms with Crippen LogP contribution in [0, 0.1) is 18.6 Å². The van der Waals surface area contributed by atoms with Crippen molar-refractivity contribution in [3.63, 3.8) is 0 Å². The molecule has 0 aliphatic heterocycles. The van der Waals surface area contributed by atoms with Gasteiger partial charge in [0.25, 0.3) is 5.91 Å². The van der Waals surface area contributed by atoms with Crippen LogP contribution in [-0.2, 0) is 16.1 Å². The maximum Gasteiger partial charge on any atom is 0.350 e. The first kappa shape index (κ1) is 22.4. The van der Waals surface area contributed by atoms with Crippen LogP contribution in [0.1, 0.15) is 20.9 Å². The number of nitrogens with zero attached hydrogens (tertiary/aromatic N) is 2. The van der Waals surface area contributed by atoms with E-state index in [-0.39, 0.29) is 23.0 Å². The first-order valence-corrected chi connectivity index (χ1v) is 10.1. The SMILES string of the molecule is COc1ccc(CN(C)C(=O)COC(=O)c2sc(-c3ccc(F)cc3)nc2C)cc1F. The Morgan fingerprint density at radius 2 is 1.84 bits per heavy atom. The summed E-state index contributed by atoms with van der Waals surface area (Å²) in [5.41, 5.74) is 1.71. The largest absolute Gasteiger partial charge is 0.494 e. The number of rotatable bonds is 7. The summed E-state index contributed by atoms with van der Waals surface area (Å²) < 4.78 is 36.9. The van der Waals surface area contributed by atoms with Gasteiger partial charge in [-0.2, -0.15) is 0 Å². The molecule has 9 heteroatoms. The van der Waals surface area contributed by atoms with Crippen LogP contribution in [0.4, 0.5) is 8.78 Å². The van der Waals surface area contributed by atoms with E-state index >= 15 is 0 Å². The monoisotopic (exact) mass is 446 g/mol. The Kier molecular flexibility index (Phi) is 6.96. The number of methoxy groups -OCH3 is 1. The number of benzene rings is 2. The molecular weight excluding hydrogens is 426 g/mol. The third-order valence-electron chi connectivity index (χ3n) is 4.46. The van der Waals surface area contributed by atoms with Crippen molar-refractivity contribution in [2.45, 2.75) is 13.5 Å². The van der Waals surface area contributed by atoms with E-state index < -0.39 is 24.3 Å². The van der Waals surface area contributed by atoms with Gasteiger partial charge in [0.15, 0.2) is 18.2 Å². The molecule has 0 radical (unpaired) electrons. The lowest BCUT2D eigenvalue weighted by Crippen LogP contribution is -2.30. The fourth-order valence-corrected chi connectivity index (χ4v) is 3.74. The third kappa shape index (κ3) is 5.43. The Hall–Kier alpha value is -3.33. The molecule has 0 atom stereocenters. The first-order chi connectivity index (χ1) is 14.8. The van der Waals surface area contributed by atoms with Gasteiger partial charge in [0.1, 0.15) is 15.7 Å². The Morgan fingerprint density at radius 3 is 2.48 bits per heavy atom. The summed E-state index contributed by atoms with van der Waals surface area (Å²) in [6, 6.07) is 10.2. The molecule has 0 bridgehead atoms. The number of thiazole rings is 1. The van der Waals surface area contributed by atoms with Gasteiger partial charge in [-0.1, -0.05) is 6.07 Å². The molecule has 162 valence electrons. The van der Waals surface area contributed by atoms with E-state index in [1.165, 1.54) is 43.3 Å². The van der Waals surface area contributed by atoms with Crippen LogP contribution in [0.25, 0.3) is 10.6 Å². The molecule has 0 unspecified atom stereocenters. The van der Waals surface area contributed by atoms with Crippen LogP contribution >= 0.6 is 11.3 Å². The zero-order chi connectivity index (χ0) is 22.5. The van der Waals surface area contributed by atoms with Gasteiger partial charge < -0.3 is 14.4 Å². The number of ether oxygens (including phenoxy) is 2. The molecule has 0 aliphatic carbocycles. The molecule has 0 aliphatic rings. The maximum absolute atomic E-state index is 13.8. The van der Waals surface area contributed by atoms with Gasteiger partial charge in [-0.25, -0.2) is 18.6 Å². The molecule has 0 saturated carbocycles. The van der Waals surface area contributed by atoms with E-state index in [4.69, 9.17) is 9.47 Å². The lowest BCUT2D eigenvalue weighted by atomic mass is 10.2. The molecule has 1 aromatic heterocycles. The number of carbonyl (C=O) groups excluding carboxylic acids is 2. The number of aromatic nitrogens is 1. The fraction of sp³-hybridized carbons (Fsp3) is 0.227. The summed E-state index contributed by atoms with van der Waals surface area (Å²) in [5.74, 6) is -1.88. The normalized spacial score (nSPS) is 10.6. The Bertz CT molecular complexity index is 1100. The van der Waals surface area contributed by atoms with Gasteiger partial charge in [0, 0.05) is 19.2 Å². The highest BCUT2D eigenvalue weighted by Gasteiger charge is 2.20. The van der Waals surface area contributed by atoms with Crippen molar-refractivity contribution < 1.29 is 27.8 Å². The number of aryl methyl sites for hydroxylation is 1. The predicted molar refractivity (Wildman–Crippen MR) is 112 cm³/mol. The Morgan fingerprint density at radius 1 is 1.13 bits per heavy atom. The molecule has 0 N–H and O–H groups in total. The van der Waals surface area contributed by atoms with Gasteiger partial charge >= 0.3 is 5.97 Å². The molecule has 0 spiro atoms. The van der Waals surface area contributed by atoms with Crippen LogP contribution in [0.3, 0.4) is 0 Å². The van der Waals surface area contributed by atoms with E-state index in [0.29, 0.717) is 21.8 Å². The van der Waals surface area contributed by atoms with Gasteiger partial charge in [0.2, 0.25) is 0 Å². The highest BCUT2D eigenvalue weighted by molar-refractivity contribution is 7.17. The zero-order valence-corrected chi connectivity index (χ0v) is 18.0. The summed E-state index contributed by atoms with van der Waals surface area (Å²) in [6.07, 6.45) is 0. The predicted octanol–water partition coefficient (Wildman–Crippen LogP) is 4.22. The standard InChI is InChI=1S/C22H20F2N2O4S/c1-13-20(31-21(25-13)15-5-7-16(23)8-6-15)22(28)30-12-19(27)26(2)11-14-4-9-18(29-3)17(24)10-14/h4-10H,11-12H2,1-3H3. The van der Waals surface area contributed by atoms with Crippen molar-refractivity contribution >= 4 is 23.2 Å². The minimum absolute atomic E-state index is 0.117. The molecular formula is C22H20F2N2O4S. The van der Waals surface area contributed by atoms with E-state index in [2.05, 4.69) is 4.98 Å². The van der Waals surface area contributed by atoms with E-state index in [9.17, 15) is 18.4 Å². The summed E-state index contributed by atoms with van der Waals surface area (Å²) in [5, 5.41) is 0.550. The Labute approximate surface area is 182 Å². The number of amides is 1. The molecule has 0 saturated heterocycles. The average molecular weight is 446 g/mol. The van der Waals surface area contributed by atoms with E-state index in [1.54, 1.807) is 25.1 Å². The van der Waals surface area contributed by atoms with Gasteiger partial charge in [-0.3, -0.25) is 4.79 Å². The second-order valence-electron chi connectivity index (χ2n) is 6.74. The van der Waals surface area contributed by atoms with Crippen LogP contribution in [-0.4, -0.2) is 42.5 Å². The average Bonchev–Trinajstić information content (AvgIpc) is 3.14. The fourth-order valence-electron chi connectivity index (χ4n) is 2.78.